The lowest BCUT2D eigenvalue weighted by Gasteiger charge is -2.21. The third-order valence-corrected chi connectivity index (χ3v) is 5.10. The van der Waals surface area contributed by atoms with Gasteiger partial charge in [0.1, 0.15) is 0 Å². The standard InChI is InChI=1S/C21H26ClN3O/c22-20-10-5-4-9-19(20)15-23-21(26)17-25-12-6-11-24(13-14-25)16-18-7-2-1-3-8-18/h1-5,7-10H,6,11-17H2,(H,23,26). The first kappa shape index (κ1) is 18.9. The van der Waals surface area contributed by atoms with Crippen molar-refractivity contribution in [3.63, 3.8) is 0 Å². The Balaban J connectivity index is 1.42. The second-order valence-corrected chi connectivity index (χ2v) is 7.17. The van der Waals surface area contributed by atoms with Crippen LogP contribution in [0, 0.1) is 0 Å². The van der Waals surface area contributed by atoms with E-state index in [2.05, 4.69) is 45.4 Å². The van der Waals surface area contributed by atoms with E-state index in [0.717, 1.165) is 44.7 Å². The van der Waals surface area contributed by atoms with Gasteiger partial charge in [0, 0.05) is 31.2 Å². The molecule has 0 atom stereocenters. The Kier molecular flexibility index (Phi) is 7.06. The summed E-state index contributed by atoms with van der Waals surface area (Å²) < 4.78 is 0. The fraction of sp³-hybridized carbons (Fsp3) is 0.381. The molecular formula is C21H26ClN3O. The summed E-state index contributed by atoms with van der Waals surface area (Å²) in [4.78, 5) is 17.0. The first-order valence-electron chi connectivity index (χ1n) is 9.19. The molecule has 4 nitrogen and oxygen atoms in total. The van der Waals surface area contributed by atoms with Crippen LogP contribution in [-0.2, 0) is 17.9 Å². The molecule has 1 aliphatic heterocycles. The molecule has 1 heterocycles. The Morgan fingerprint density at radius 3 is 2.42 bits per heavy atom. The minimum Gasteiger partial charge on any atom is -0.351 e. The summed E-state index contributed by atoms with van der Waals surface area (Å²) in [6, 6.07) is 18.2. The van der Waals surface area contributed by atoms with Crippen LogP contribution in [0.1, 0.15) is 17.5 Å². The zero-order valence-electron chi connectivity index (χ0n) is 15.0. The van der Waals surface area contributed by atoms with Gasteiger partial charge in [0.25, 0.3) is 0 Å². The molecule has 138 valence electrons. The highest BCUT2D eigenvalue weighted by Gasteiger charge is 2.17. The number of amides is 1. The molecule has 5 heteroatoms. The molecule has 1 saturated heterocycles. The van der Waals surface area contributed by atoms with Gasteiger partial charge in [-0.1, -0.05) is 60.1 Å². The molecule has 26 heavy (non-hydrogen) atoms. The molecule has 0 aromatic heterocycles. The van der Waals surface area contributed by atoms with Gasteiger partial charge in [0.2, 0.25) is 5.91 Å². The maximum atomic E-state index is 12.3. The zero-order chi connectivity index (χ0) is 18.2. The van der Waals surface area contributed by atoms with Gasteiger partial charge in [-0.2, -0.15) is 0 Å². The molecule has 1 aliphatic rings. The average molecular weight is 372 g/mol. The van der Waals surface area contributed by atoms with Crippen LogP contribution in [0.3, 0.4) is 0 Å². The van der Waals surface area contributed by atoms with Crippen molar-refractivity contribution in [3.05, 3.63) is 70.7 Å². The van der Waals surface area contributed by atoms with Gasteiger partial charge in [-0.15, -0.1) is 0 Å². The predicted molar refractivity (Wildman–Crippen MR) is 106 cm³/mol. The quantitative estimate of drug-likeness (QED) is 0.847. The summed E-state index contributed by atoms with van der Waals surface area (Å²) in [5, 5.41) is 3.67. The maximum absolute atomic E-state index is 12.3. The van der Waals surface area contributed by atoms with Crippen molar-refractivity contribution >= 4 is 17.5 Å². The minimum atomic E-state index is 0.0569. The van der Waals surface area contributed by atoms with Crippen LogP contribution < -0.4 is 5.32 Å². The van der Waals surface area contributed by atoms with Crippen LogP contribution in [0.5, 0.6) is 0 Å². The molecule has 0 aliphatic carbocycles. The monoisotopic (exact) mass is 371 g/mol. The number of halogens is 1. The van der Waals surface area contributed by atoms with Crippen LogP contribution in [0.4, 0.5) is 0 Å². The highest BCUT2D eigenvalue weighted by atomic mass is 35.5. The Bertz CT molecular complexity index is 707. The lowest BCUT2D eigenvalue weighted by Crippen LogP contribution is -2.39. The van der Waals surface area contributed by atoms with Crippen molar-refractivity contribution in [2.24, 2.45) is 0 Å². The third kappa shape index (κ3) is 5.84. The Morgan fingerprint density at radius 2 is 1.62 bits per heavy atom. The SMILES string of the molecule is O=C(CN1CCCN(Cc2ccccc2)CC1)NCc1ccccc1Cl. The summed E-state index contributed by atoms with van der Waals surface area (Å²) >= 11 is 6.14. The van der Waals surface area contributed by atoms with Gasteiger partial charge in [-0.25, -0.2) is 0 Å². The van der Waals surface area contributed by atoms with Crippen LogP contribution in [0.25, 0.3) is 0 Å². The molecule has 0 unspecified atom stereocenters. The van der Waals surface area contributed by atoms with Gasteiger partial charge in [-0.05, 0) is 36.7 Å². The van der Waals surface area contributed by atoms with E-state index in [4.69, 9.17) is 11.6 Å². The zero-order valence-corrected chi connectivity index (χ0v) is 15.8. The van der Waals surface area contributed by atoms with E-state index >= 15 is 0 Å². The molecule has 1 fully saturated rings. The normalized spacial score (nSPS) is 16.2. The number of hydrogen-bond donors (Lipinski definition) is 1. The lowest BCUT2D eigenvalue weighted by molar-refractivity contribution is -0.122. The van der Waals surface area contributed by atoms with E-state index in [9.17, 15) is 4.79 Å². The lowest BCUT2D eigenvalue weighted by atomic mass is 10.2. The molecule has 2 aromatic rings. The van der Waals surface area contributed by atoms with Crippen LogP contribution in [0.15, 0.2) is 54.6 Å². The van der Waals surface area contributed by atoms with E-state index < -0.39 is 0 Å². The summed E-state index contributed by atoms with van der Waals surface area (Å²) in [5.41, 5.74) is 2.30. The third-order valence-electron chi connectivity index (χ3n) is 4.73. The summed E-state index contributed by atoms with van der Waals surface area (Å²) in [7, 11) is 0. The molecule has 1 amide bonds. The molecular weight excluding hydrogens is 346 g/mol. The molecule has 2 aromatic carbocycles. The topological polar surface area (TPSA) is 35.6 Å². The molecule has 0 spiro atoms. The number of benzene rings is 2. The number of nitrogens with zero attached hydrogens (tertiary/aromatic N) is 2. The Labute approximate surface area is 160 Å². The van der Waals surface area contributed by atoms with Crippen molar-refractivity contribution in [1.29, 1.82) is 0 Å². The first-order chi connectivity index (χ1) is 12.7. The van der Waals surface area contributed by atoms with Gasteiger partial charge in [0.15, 0.2) is 0 Å². The number of carbonyl (C=O) groups is 1. The summed E-state index contributed by atoms with van der Waals surface area (Å²) in [6.07, 6.45) is 1.09. The van der Waals surface area contributed by atoms with Crippen molar-refractivity contribution < 1.29 is 4.79 Å². The van der Waals surface area contributed by atoms with Crippen LogP contribution in [0.2, 0.25) is 5.02 Å². The van der Waals surface area contributed by atoms with Crippen LogP contribution >= 0.6 is 11.6 Å². The number of nitrogens with one attached hydrogen (secondary N) is 1. The van der Waals surface area contributed by atoms with Gasteiger partial charge >= 0.3 is 0 Å². The van der Waals surface area contributed by atoms with Gasteiger partial charge in [0.05, 0.1) is 6.54 Å². The van der Waals surface area contributed by atoms with Crippen LogP contribution in [-0.4, -0.2) is 48.4 Å². The molecule has 0 bridgehead atoms. The molecule has 3 rings (SSSR count). The van der Waals surface area contributed by atoms with E-state index in [1.165, 1.54) is 5.56 Å². The van der Waals surface area contributed by atoms with Crippen molar-refractivity contribution in [1.82, 2.24) is 15.1 Å². The van der Waals surface area contributed by atoms with Gasteiger partial charge in [-0.3, -0.25) is 14.6 Å². The molecule has 1 N–H and O–H groups in total. The highest BCUT2D eigenvalue weighted by molar-refractivity contribution is 6.31. The largest absolute Gasteiger partial charge is 0.351 e. The maximum Gasteiger partial charge on any atom is 0.234 e. The Hall–Kier alpha value is -1.88. The van der Waals surface area contributed by atoms with E-state index in [1.807, 2.05) is 24.3 Å². The Morgan fingerprint density at radius 1 is 0.923 bits per heavy atom. The molecule has 0 radical (unpaired) electrons. The fourth-order valence-corrected chi connectivity index (χ4v) is 3.48. The minimum absolute atomic E-state index is 0.0569. The van der Waals surface area contributed by atoms with Crippen molar-refractivity contribution in [3.8, 4) is 0 Å². The average Bonchev–Trinajstić information content (AvgIpc) is 2.87. The summed E-state index contributed by atoms with van der Waals surface area (Å²) in [6.45, 7) is 5.86. The smallest absolute Gasteiger partial charge is 0.234 e. The summed E-state index contributed by atoms with van der Waals surface area (Å²) in [5.74, 6) is 0.0569. The van der Waals surface area contributed by atoms with Crippen molar-refractivity contribution in [2.75, 3.05) is 32.7 Å². The second-order valence-electron chi connectivity index (χ2n) is 6.76. The van der Waals surface area contributed by atoms with Gasteiger partial charge < -0.3 is 5.32 Å². The van der Waals surface area contributed by atoms with Crippen molar-refractivity contribution in [2.45, 2.75) is 19.5 Å². The highest BCUT2D eigenvalue weighted by Crippen LogP contribution is 2.14. The second kappa shape index (κ2) is 9.72. The first-order valence-corrected chi connectivity index (χ1v) is 9.57. The van der Waals surface area contributed by atoms with E-state index in [-0.39, 0.29) is 5.91 Å². The number of hydrogen-bond acceptors (Lipinski definition) is 3. The predicted octanol–water partition coefficient (Wildman–Crippen LogP) is 3.16. The number of rotatable bonds is 6. The van der Waals surface area contributed by atoms with E-state index in [0.29, 0.717) is 18.1 Å². The van der Waals surface area contributed by atoms with E-state index in [1.54, 1.807) is 0 Å². The number of carbonyl (C=O) groups excluding carboxylic acids is 1. The fourth-order valence-electron chi connectivity index (χ4n) is 3.28. The molecule has 0 saturated carbocycles.